The maximum atomic E-state index is 13.1. The monoisotopic (exact) mass is 389 g/mol. The third-order valence-electron chi connectivity index (χ3n) is 4.00. The number of benzene rings is 2. The number of hydrogen-bond donors (Lipinski definition) is 1. The standard InChI is InChI=1S/C21H12FN3O2S/c22-16-4-1-13(2-5-16)18-12-28-21(25-18)15(10-23)11-24-17-6-7-19-14(9-17)3-8-20(26)27-19/h1-9,11-12,24H/b15-11+. The van der Waals surface area contributed by atoms with Crippen LogP contribution in [0.25, 0.3) is 27.8 Å². The lowest BCUT2D eigenvalue weighted by atomic mass is 10.2. The normalized spacial score (nSPS) is 11.4. The van der Waals surface area contributed by atoms with Crippen molar-refractivity contribution >= 4 is 33.6 Å². The quantitative estimate of drug-likeness (QED) is 0.391. The molecule has 4 aromatic rings. The van der Waals surface area contributed by atoms with Crippen molar-refractivity contribution in [1.82, 2.24) is 4.98 Å². The number of nitriles is 1. The molecule has 0 aliphatic heterocycles. The number of rotatable bonds is 4. The van der Waals surface area contributed by atoms with Crippen molar-refractivity contribution in [3.8, 4) is 17.3 Å². The van der Waals surface area contributed by atoms with Gasteiger partial charge in [-0.1, -0.05) is 0 Å². The molecule has 1 N–H and O–H groups in total. The van der Waals surface area contributed by atoms with E-state index < -0.39 is 5.63 Å². The minimum atomic E-state index is -0.402. The predicted octanol–water partition coefficient (Wildman–Crippen LogP) is 5.03. The number of nitrogens with one attached hydrogen (secondary N) is 1. The van der Waals surface area contributed by atoms with E-state index in [-0.39, 0.29) is 5.82 Å². The Balaban J connectivity index is 1.58. The van der Waals surface area contributed by atoms with Gasteiger partial charge in [0.15, 0.2) is 0 Å². The van der Waals surface area contributed by atoms with Crippen LogP contribution in [0.1, 0.15) is 5.01 Å². The van der Waals surface area contributed by atoms with Gasteiger partial charge in [-0.2, -0.15) is 5.26 Å². The van der Waals surface area contributed by atoms with Crippen LogP contribution in [-0.4, -0.2) is 4.98 Å². The molecule has 0 saturated carbocycles. The highest BCUT2D eigenvalue weighted by atomic mass is 32.1. The van der Waals surface area contributed by atoms with Crippen molar-refractivity contribution in [2.24, 2.45) is 0 Å². The second-order valence-corrected chi connectivity index (χ2v) is 6.72. The first-order valence-corrected chi connectivity index (χ1v) is 9.13. The number of allylic oxidation sites excluding steroid dienone is 1. The van der Waals surface area contributed by atoms with E-state index in [1.165, 1.54) is 29.5 Å². The predicted molar refractivity (Wildman–Crippen MR) is 107 cm³/mol. The fourth-order valence-corrected chi connectivity index (χ4v) is 3.40. The minimum absolute atomic E-state index is 0.310. The third kappa shape index (κ3) is 3.68. The average Bonchev–Trinajstić information content (AvgIpc) is 3.19. The Labute approximate surface area is 163 Å². The molecule has 4 rings (SSSR count). The van der Waals surface area contributed by atoms with E-state index >= 15 is 0 Å². The zero-order valence-electron chi connectivity index (χ0n) is 14.3. The molecule has 5 nitrogen and oxygen atoms in total. The van der Waals surface area contributed by atoms with Crippen LogP contribution in [0.15, 0.2) is 75.4 Å². The molecule has 0 atom stereocenters. The molecule has 136 valence electrons. The number of hydrogen-bond acceptors (Lipinski definition) is 6. The summed E-state index contributed by atoms with van der Waals surface area (Å²) in [5.41, 5.74) is 2.67. The van der Waals surface area contributed by atoms with Gasteiger partial charge in [0, 0.05) is 34.3 Å². The second-order valence-electron chi connectivity index (χ2n) is 5.87. The van der Waals surface area contributed by atoms with Crippen LogP contribution in [0.2, 0.25) is 0 Å². The Morgan fingerprint density at radius 1 is 1.18 bits per heavy atom. The topological polar surface area (TPSA) is 78.9 Å². The molecule has 0 spiro atoms. The number of thiazole rings is 1. The van der Waals surface area contributed by atoms with Gasteiger partial charge >= 0.3 is 5.63 Å². The van der Waals surface area contributed by atoms with Crippen LogP contribution in [0.3, 0.4) is 0 Å². The van der Waals surface area contributed by atoms with Crippen LogP contribution in [0, 0.1) is 17.1 Å². The van der Waals surface area contributed by atoms with E-state index in [4.69, 9.17) is 4.42 Å². The number of nitrogens with zero attached hydrogens (tertiary/aromatic N) is 2. The first-order valence-electron chi connectivity index (χ1n) is 8.25. The molecule has 0 aliphatic carbocycles. The summed E-state index contributed by atoms with van der Waals surface area (Å²) < 4.78 is 18.2. The second kappa shape index (κ2) is 7.47. The third-order valence-corrected chi connectivity index (χ3v) is 4.87. The van der Waals surface area contributed by atoms with Gasteiger partial charge in [0.1, 0.15) is 28.1 Å². The van der Waals surface area contributed by atoms with Crippen molar-refractivity contribution in [2.45, 2.75) is 0 Å². The zero-order valence-corrected chi connectivity index (χ0v) is 15.2. The summed E-state index contributed by atoms with van der Waals surface area (Å²) in [6.45, 7) is 0. The highest BCUT2D eigenvalue weighted by molar-refractivity contribution is 7.11. The molecule has 0 fully saturated rings. The summed E-state index contributed by atoms with van der Waals surface area (Å²) in [6.07, 6.45) is 1.58. The first-order chi connectivity index (χ1) is 13.6. The van der Waals surface area contributed by atoms with E-state index in [1.807, 2.05) is 11.4 Å². The molecular weight excluding hydrogens is 377 g/mol. The van der Waals surface area contributed by atoms with Crippen LogP contribution >= 0.6 is 11.3 Å². The molecule has 2 aromatic carbocycles. The molecule has 0 unspecified atom stereocenters. The highest BCUT2D eigenvalue weighted by Crippen LogP contribution is 2.26. The van der Waals surface area contributed by atoms with Crippen molar-refractivity contribution in [1.29, 1.82) is 5.26 Å². The summed E-state index contributed by atoms with van der Waals surface area (Å²) in [5, 5.41) is 15.7. The van der Waals surface area contributed by atoms with Crippen LogP contribution in [-0.2, 0) is 0 Å². The lowest BCUT2D eigenvalue weighted by Gasteiger charge is -2.03. The van der Waals surface area contributed by atoms with E-state index in [0.717, 1.165) is 16.6 Å². The molecular formula is C21H12FN3O2S. The summed E-state index contributed by atoms with van der Waals surface area (Å²) in [4.78, 5) is 15.7. The summed E-state index contributed by atoms with van der Waals surface area (Å²) in [5.74, 6) is -0.310. The summed E-state index contributed by atoms with van der Waals surface area (Å²) >= 11 is 1.34. The van der Waals surface area contributed by atoms with E-state index in [0.29, 0.717) is 21.9 Å². The van der Waals surface area contributed by atoms with Gasteiger partial charge < -0.3 is 9.73 Å². The average molecular weight is 389 g/mol. The fraction of sp³-hybridized carbons (Fsp3) is 0. The van der Waals surface area contributed by atoms with Crippen LogP contribution in [0.4, 0.5) is 10.1 Å². The minimum Gasteiger partial charge on any atom is -0.423 e. The maximum Gasteiger partial charge on any atom is 0.336 e. The first kappa shape index (κ1) is 17.6. The van der Waals surface area contributed by atoms with E-state index in [9.17, 15) is 14.4 Å². The molecule has 2 heterocycles. The number of halogens is 1. The Bertz CT molecular complexity index is 1280. The van der Waals surface area contributed by atoms with Crippen LogP contribution in [0.5, 0.6) is 0 Å². The van der Waals surface area contributed by atoms with Gasteiger partial charge in [-0.05, 0) is 48.5 Å². The number of fused-ring (bicyclic) bond motifs is 1. The Morgan fingerprint density at radius 3 is 2.79 bits per heavy atom. The van der Waals surface area contributed by atoms with Crippen molar-refractivity contribution < 1.29 is 8.81 Å². The summed E-state index contributed by atoms with van der Waals surface area (Å²) in [7, 11) is 0. The highest BCUT2D eigenvalue weighted by Gasteiger charge is 2.09. The van der Waals surface area contributed by atoms with Gasteiger partial charge in [0.25, 0.3) is 0 Å². The number of anilines is 1. The SMILES string of the molecule is N#C/C(=C\Nc1ccc2oc(=O)ccc2c1)c1nc(-c2ccc(F)cc2)cs1. The Hall–Kier alpha value is -3.76. The van der Waals surface area contributed by atoms with Crippen molar-refractivity contribution in [3.05, 3.63) is 87.4 Å². The molecule has 0 aliphatic rings. The lowest BCUT2D eigenvalue weighted by molar-refractivity contribution is 0.561. The Morgan fingerprint density at radius 2 is 2.00 bits per heavy atom. The van der Waals surface area contributed by atoms with Crippen molar-refractivity contribution in [3.63, 3.8) is 0 Å². The van der Waals surface area contributed by atoms with Crippen LogP contribution < -0.4 is 10.9 Å². The lowest BCUT2D eigenvalue weighted by Crippen LogP contribution is -1.95. The molecule has 2 aromatic heterocycles. The van der Waals surface area contributed by atoms with Gasteiger partial charge in [-0.15, -0.1) is 11.3 Å². The molecule has 7 heteroatoms. The Kier molecular flexibility index (Phi) is 4.70. The van der Waals surface area contributed by atoms with Crippen molar-refractivity contribution in [2.75, 3.05) is 5.32 Å². The van der Waals surface area contributed by atoms with Gasteiger partial charge in [0.05, 0.1) is 5.69 Å². The zero-order chi connectivity index (χ0) is 19.5. The number of aromatic nitrogens is 1. The van der Waals surface area contributed by atoms with Gasteiger partial charge in [0.2, 0.25) is 0 Å². The van der Waals surface area contributed by atoms with Gasteiger partial charge in [-0.3, -0.25) is 0 Å². The van der Waals surface area contributed by atoms with Gasteiger partial charge in [-0.25, -0.2) is 14.2 Å². The fourth-order valence-electron chi connectivity index (χ4n) is 2.61. The molecule has 0 bridgehead atoms. The summed E-state index contributed by atoms with van der Waals surface area (Å²) in [6, 6.07) is 16.5. The largest absolute Gasteiger partial charge is 0.423 e. The maximum absolute atomic E-state index is 13.1. The molecule has 0 saturated heterocycles. The van der Waals surface area contributed by atoms with E-state index in [2.05, 4.69) is 16.4 Å². The molecule has 28 heavy (non-hydrogen) atoms. The smallest absolute Gasteiger partial charge is 0.336 e. The molecule has 0 radical (unpaired) electrons. The molecule has 0 amide bonds. The van der Waals surface area contributed by atoms with E-state index in [1.54, 1.807) is 36.5 Å².